The summed E-state index contributed by atoms with van der Waals surface area (Å²) >= 11 is 1.21. The Hall–Kier alpha value is -1.10. The number of nitrogens with zero attached hydrogens (tertiary/aromatic N) is 1. The van der Waals surface area contributed by atoms with Crippen molar-refractivity contribution in [2.45, 2.75) is 39.7 Å². The molecule has 0 aliphatic heterocycles. The number of fused-ring (bicyclic) bond motifs is 1. The van der Waals surface area contributed by atoms with Gasteiger partial charge in [0.1, 0.15) is 6.54 Å². The highest BCUT2D eigenvalue weighted by Crippen LogP contribution is 2.35. The van der Waals surface area contributed by atoms with Crippen molar-refractivity contribution >= 4 is 17.3 Å². The summed E-state index contributed by atoms with van der Waals surface area (Å²) < 4.78 is 1.41. The summed E-state index contributed by atoms with van der Waals surface area (Å²) in [6.45, 7) is 4.16. The third-order valence-electron chi connectivity index (χ3n) is 3.05. The molecule has 1 N–H and O–H groups in total. The molecule has 0 saturated carbocycles. The second-order valence-electron chi connectivity index (χ2n) is 5.06. The van der Waals surface area contributed by atoms with E-state index in [1.54, 1.807) is 0 Å². The predicted octanol–water partition coefficient (Wildman–Crippen LogP) is 1.51. The van der Waals surface area contributed by atoms with E-state index in [4.69, 9.17) is 5.11 Å². The van der Waals surface area contributed by atoms with Gasteiger partial charge >= 0.3 is 10.8 Å². The Morgan fingerprint density at radius 3 is 2.88 bits per heavy atom. The maximum atomic E-state index is 11.7. The normalized spacial score (nSPS) is 18.1. The first-order chi connectivity index (χ1) is 7.39. The first kappa shape index (κ1) is 11.4. The van der Waals surface area contributed by atoms with Gasteiger partial charge in [0.05, 0.1) is 0 Å². The number of carboxylic acids is 1. The largest absolute Gasteiger partial charge is 0.480 e. The van der Waals surface area contributed by atoms with Crippen molar-refractivity contribution < 1.29 is 9.90 Å². The van der Waals surface area contributed by atoms with E-state index < -0.39 is 5.97 Å². The van der Waals surface area contributed by atoms with Crippen LogP contribution in [-0.4, -0.2) is 15.6 Å². The summed E-state index contributed by atoms with van der Waals surface area (Å²) in [7, 11) is 0. The van der Waals surface area contributed by atoms with Crippen molar-refractivity contribution in [3.63, 3.8) is 0 Å². The van der Waals surface area contributed by atoms with E-state index in [1.165, 1.54) is 15.9 Å². The fourth-order valence-electron chi connectivity index (χ4n) is 2.17. The fraction of sp³-hybridized carbons (Fsp3) is 0.636. The van der Waals surface area contributed by atoms with Crippen LogP contribution in [0.5, 0.6) is 0 Å². The smallest absolute Gasteiger partial charge is 0.323 e. The molecule has 1 aliphatic rings. The number of hydrogen-bond donors (Lipinski definition) is 1. The average Bonchev–Trinajstić information content (AvgIpc) is 2.39. The van der Waals surface area contributed by atoms with Gasteiger partial charge in [0, 0.05) is 10.6 Å². The standard InChI is InChI=1S/C11H15NO3S/c1-11(2)4-3-7-8(5-11)16-10(15)12(7)6-9(13)14/h3-6H2,1-2H3,(H,13,14). The zero-order valence-corrected chi connectivity index (χ0v) is 10.3. The summed E-state index contributed by atoms with van der Waals surface area (Å²) in [6, 6.07) is 0. The van der Waals surface area contributed by atoms with E-state index in [1.807, 2.05) is 0 Å². The van der Waals surface area contributed by atoms with Gasteiger partial charge in [-0.2, -0.15) is 0 Å². The molecule has 0 bridgehead atoms. The lowest BCUT2D eigenvalue weighted by molar-refractivity contribution is -0.137. The molecular formula is C11H15NO3S. The monoisotopic (exact) mass is 241 g/mol. The molecule has 1 heterocycles. The number of aromatic nitrogens is 1. The summed E-state index contributed by atoms with van der Waals surface area (Å²) in [5, 5.41) is 8.76. The summed E-state index contributed by atoms with van der Waals surface area (Å²) in [6.07, 6.45) is 2.71. The molecule has 2 rings (SSSR count). The number of aliphatic carboxylic acids is 1. The van der Waals surface area contributed by atoms with Gasteiger partial charge in [0.25, 0.3) is 0 Å². The molecule has 0 fully saturated rings. The van der Waals surface area contributed by atoms with Gasteiger partial charge in [-0.25, -0.2) is 0 Å². The Morgan fingerprint density at radius 2 is 2.25 bits per heavy atom. The van der Waals surface area contributed by atoms with E-state index in [-0.39, 0.29) is 16.8 Å². The van der Waals surface area contributed by atoms with E-state index in [0.717, 1.165) is 29.8 Å². The molecule has 0 radical (unpaired) electrons. The topological polar surface area (TPSA) is 59.3 Å². The van der Waals surface area contributed by atoms with Crippen LogP contribution in [0.25, 0.3) is 0 Å². The third-order valence-corrected chi connectivity index (χ3v) is 4.07. The third kappa shape index (κ3) is 2.04. The molecule has 88 valence electrons. The van der Waals surface area contributed by atoms with Crippen molar-refractivity contribution in [1.82, 2.24) is 4.57 Å². The number of carboxylic acid groups (broad SMARTS) is 1. The molecule has 0 saturated heterocycles. The minimum absolute atomic E-state index is 0.134. The highest BCUT2D eigenvalue weighted by atomic mass is 32.1. The van der Waals surface area contributed by atoms with Crippen LogP contribution in [0.15, 0.2) is 4.79 Å². The van der Waals surface area contributed by atoms with Crippen LogP contribution in [0.1, 0.15) is 30.8 Å². The van der Waals surface area contributed by atoms with E-state index in [0.29, 0.717) is 0 Å². The summed E-state index contributed by atoms with van der Waals surface area (Å²) in [5.41, 5.74) is 1.17. The molecule has 0 unspecified atom stereocenters. The van der Waals surface area contributed by atoms with Crippen molar-refractivity contribution in [2.24, 2.45) is 5.41 Å². The molecule has 0 aromatic carbocycles. The highest BCUT2D eigenvalue weighted by molar-refractivity contribution is 7.09. The zero-order chi connectivity index (χ0) is 11.9. The van der Waals surface area contributed by atoms with Crippen LogP contribution in [-0.2, 0) is 24.2 Å². The molecule has 16 heavy (non-hydrogen) atoms. The molecule has 5 heteroatoms. The van der Waals surface area contributed by atoms with Crippen molar-refractivity contribution in [3.8, 4) is 0 Å². The molecule has 1 aliphatic carbocycles. The quantitative estimate of drug-likeness (QED) is 0.853. The molecule has 4 nitrogen and oxygen atoms in total. The van der Waals surface area contributed by atoms with Crippen molar-refractivity contribution in [3.05, 3.63) is 20.2 Å². The molecule has 0 amide bonds. The van der Waals surface area contributed by atoms with Gasteiger partial charge in [0.15, 0.2) is 0 Å². The van der Waals surface area contributed by atoms with Gasteiger partial charge in [0.2, 0.25) is 0 Å². The lowest BCUT2D eigenvalue weighted by atomic mass is 9.79. The maximum absolute atomic E-state index is 11.7. The predicted molar refractivity (Wildman–Crippen MR) is 62.0 cm³/mol. The molecule has 0 spiro atoms. The van der Waals surface area contributed by atoms with Gasteiger partial charge in [-0.3, -0.25) is 14.2 Å². The van der Waals surface area contributed by atoms with Gasteiger partial charge in [-0.05, 0) is 24.7 Å². The second kappa shape index (κ2) is 3.73. The number of hydrogen-bond acceptors (Lipinski definition) is 3. The molecular weight excluding hydrogens is 226 g/mol. The van der Waals surface area contributed by atoms with Crippen LogP contribution in [0.4, 0.5) is 0 Å². The lowest BCUT2D eigenvalue weighted by Crippen LogP contribution is -2.26. The van der Waals surface area contributed by atoms with Gasteiger partial charge in [-0.15, -0.1) is 0 Å². The summed E-state index contributed by atoms with van der Waals surface area (Å²) in [4.78, 5) is 23.3. The second-order valence-corrected chi connectivity index (χ2v) is 6.10. The van der Waals surface area contributed by atoms with Crippen LogP contribution in [0.3, 0.4) is 0 Å². The van der Waals surface area contributed by atoms with Gasteiger partial charge in [-0.1, -0.05) is 25.2 Å². The van der Waals surface area contributed by atoms with Crippen LogP contribution >= 0.6 is 11.3 Å². The van der Waals surface area contributed by atoms with Crippen molar-refractivity contribution in [1.29, 1.82) is 0 Å². The first-order valence-electron chi connectivity index (χ1n) is 5.32. The summed E-state index contributed by atoms with van der Waals surface area (Å²) in [5.74, 6) is -0.951. The van der Waals surface area contributed by atoms with Gasteiger partial charge < -0.3 is 5.11 Å². The Balaban J connectivity index is 2.40. The highest BCUT2D eigenvalue weighted by Gasteiger charge is 2.29. The number of rotatable bonds is 2. The Morgan fingerprint density at radius 1 is 1.56 bits per heavy atom. The van der Waals surface area contributed by atoms with Crippen LogP contribution in [0, 0.1) is 5.41 Å². The molecule has 0 atom stereocenters. The SMILES string of the molecule is CC1(C)CCc2c(sc(=O)n2CC(=O)O)C1. The Labute approximate surface area is 97.5 Å². The van der Waals surface area contributed by atoms with Crippen LogP contribution < -0.4 is 4.87 Å². The number of carbonyl (C=O) groups is 1. The minimum Gasteiger partial charge on any atom is -0.480 e. The number of thiazole rings is 1. The fourth-order valence-corrected chi connectivity index (χ4v) is 3.46. The average molecular weight is 241 g/mol. The van der Waals surface area contributed by atoms with E-state index in [2.05, 4.69) is 13.8 Å². The zero-order valence-electron chi connectivity index (χ0n) is 9.45. The lowest BCUT2D eigenvalue weighted by Gasteiger charge is -2.29. The van der Waals surface area contributed by atoms with E-state index >= 15 is 0 Å². The van der Waals surface area contributed by atoms with Crippen molar-refractivity contribution in [2.75, 3.05) is 0 Å². The molecule has 1 aromatic heterocycles. The first-order valence-corrected chi connectivity index (χ1v) is 6.14. The van der Waals surface area contributed by atoms with E-state index in [9.17, 15) is 9.59 Å². The Bertz CT molecular complexity index is 484. The Kier molecular flexibility index (Phi) is 2.66. The molecule has 1 aromatic rings. The maximum Gasteiger partial charge on any atom is 0.323 e. The van der Waals surface area contributed by atoms with Crippen LogP contribution in [0.2, 0.25) is 0 Å². The minimum atomic E-state index is -0.951.